The van der Waals surface area contributed by atoms with Gasteiger partial charge in [0.1, 0.15) is 5.82 Å². The highest BCUT2D eigenvalue weighted by Gasteiger charge is 2.07. The number of aliphatic imine (C=N–C) groups is 1. The van der Waals surface area contributed by atoms with Gasteiger partial charge < -0.3 is 20.5 Å². The second kappa shape index (κ2) is 12.9. The van der Waals surface area contributed by atoms with Gasteiger partial charge in [0.25, 0.3) is 0 Å². The topological polar surface area (TPSA) is 83.3 Å². The van der Waals surface area contributed by atoms with E-state index in [0.717, 1.165) is 42.8 Å². The molecule has 166 valence electrons. The molecule has 0 aliphatic carbocycles. The number of carbonyl (C=O) groups is 1. The van der Waals surface area contributed by atoms with Gasteiger partial charge in [-0.05, 0) is 37.5 Å². The van der Waals surface area contributed by atoms with E-state index < -0.39 is 0 Å². The zero-order valence-electron chi connectivity index (χ0n) is 18.1. The lowest BCUT2D eigenvalue weighted by atomic mass is 10.1. The highest BCUT2D eigenvalue weighted by atomic mass is 127. The van der Waals surface area contributed by atoms with E-state index in [1.807, 2.05) is 43.3 Å². The van der Waals surface area contributed by atoms with Crippen molar-refractivity contribution in [3.8, 4) is 0 Å². The molecule has 1 heterocycles. The summed E-state index contributed by atoms with van der Waals surface area (Å²) in [5.74, 6) is 1.60. The third-order valence-electron chi connectivity index (χ3n) is 4.92. The predicted octanol–water partition coefficient (Wildman–Crippen LogP) is 2.88. The molecule has 0 aliphatic heterocycles. The fourth-order valence-corrected chi connectivity index (χ4v) is 3.36. The molecule has 1 amide bonds. The molecular weight excluding hydrogens is 503 g/mol. The fraction of sp³-hybridized carbons (Fsp3) is 0.348. The van der Waals surface area contributed by atoms with Crippen LogP contribution in [0.1, 0.15) is 17.8 Å². The number of fused-ring (bicyclic) bond motifs is 1. The van der Waals surface area contributed by atoms with Gasteiger partial charge in [-0.2, -0.15) is 0 Å². The number of halogens is 1. The zero-order chi connectivity index (χ0) is 21.2. The highest BCUT2D eigenvalue weighted by Crippen LogP contribution is 2.15. The van der Waals surface area contributed by atoms with Crippen molar-refractivity contribution in [3.05, 3.63) is 66.0 Å². The van der Waals surface area contributed by atoms with Gasteiger partial charge in [-0.3, -0.25) is 9.79 Å². The number of nitrogens with one attached hydrogen (secondary N) is 3. The van der Waals surface area contributed by atoms with Crippen LogP contribution < -0.4 is 16.0 Å². The molecule has 0 fully saturated rings. The van der Waals surface area contributed by atoms with Crippen LogP contribution >= 0.6 is 24.0 Å². The lowest BCUT2D eigenvalue weighted by molar-refractivity contribution is -0.119. The molecule has 2 aromatic carbocycles. The number of amides is 1. The summed E-state index contributed by atoms with van der Waals surface area (Å²) in [6.07, 6.45) is 1.74. The summed E-state index contributed by atoms with van der Waals surface area (Å²) >= 11 is 0. The molecule has 3 aromatic rings. The molecule has 3 N–H and O–H groups in total. The Morgan fingerprint density at radius 3 is 2.52 bits per heavy atom. The van der Waals surface area contributed by atoms with Crippen LogP contribution in [0.5, 0.6) is 0 Å². The largest absolute Gasteiger partial charge is 0.356 e. The van der Waals surface area contributed by atoms with Crippen molar-refractivity contribution in [1.82, 2.24) is 25.5 Å². The van der Waals surface area contributed by atoms with Crippen molar-refractivity contribution in [2.24, 2.45) is 4.99 Å². The van der Waals surface area contributed by atoms with E-state index in [4.69, 9.17) is 0 Å². The summed E-state index contributed by atoms with van der Waals surface area (Å²) in [4.78, 5) is 20.8. The van der Waals surface area contributed by atoms with Crippen LogP contribution in [0.15, 0.2) is 59.6 Å². The van der Waals surface area contributed by atoms with Crippen molar-refractivity contribution in [1.29, 1.82) is 0 Å². The van der Waals surface area contributed by atoms with E-state index in [2.05, 4.69) is 48.7 Å². The number of carbonyl (C=O) groups excluding carboxylic acids is 1. The molecule has 31 heavy (non-hydrogen) atoms. The lowest BCUT2D eigenvalue weighted by Gasteiger charge is -2.13. The van der Waals surface area contributed by atoms with Crippen molar-refractivity contribution in [2.45, 2.75) is 26.3 Å². The Bertz CT molecular complexity index is 986. The third kappa shape index (κ3) is 7.54. The first kappa shape index (κ1) is 24.6. The first-order valence-electron chi connectivity index (χ1n) is 10.3. The van der Waals surface area contributed by atoms with Crippen LogP contribution in [0.2, 0.25) is 0 Å². The molecule has 3 rings (SSSR count). The summed E-state index contributed by atoms with van der Waals surface area (Å²) in [6, 6.07) is 18.3. The minimum atomic E-state index is -0.0469. The normalized spacial score (nSPS) is 11.1. The molecule has 0 unspecified atom stereocenters. The number of rotatable bonds is 9. The predicted molar refractivity (Wildman–Crippen MR) is 137 cm³/mol. The molecule has 0 saturated heterocycles. The Kier molecular flexibility index (Phi) is 10.3. The third-order valence-corrected chi connectivity index (χ3v) is 4.92. The Morgan fingerprint density at radius 1 is 1.00 bits per heavy atom. The smallest absolute Gasteiger partial charge is 0.239 e. The molecule has 7 nitrogen and oxygen atoms in total. The molecule has 0 radical (unpaired) electrons. The average molecular weight is 534 g/mol. The first-order chi connectivity index (χ1) is 14.7. The van der Waals surface area contributed by atoms with E-state index >= 15 is 0 Å². The van der Waals surface area contributed by atoms with E-state index in [0.29, 0.717) is 12.5 Å². The van der Waals surface area contributed by atoms with Gasteiger partial charge in [0.05, 0.1) is 17.6 Å². The number of benzene rings is 2. The van der Waals surface area contributed by atoms with Gasteiger partial charge in [0.15, 0.2) is 5.96 Å². The molecule has 0 saturated carbocycles. The Hall–Kier alpha value is -2.62. The summed E-state index contributed by atoms with van der Waals surface area (Å²) < 4.78 is 2.23. The van der Waals surface area contributed by atoms with Crippen LogP contribution in [0.4, 0.5) is 0 Å². The molecule has 0 aliphatic rings. The van der Waals surface area contributed by atoms with Gasteiger partial charge in [-0.1, -0.05) is 42.5 Å². The Labute approximate surface area is 200 Å². The van der Waals surface area contributed by atoms with Crippen molar-refractivity contribution < 1.29 is 4.79 Å². The van der Waals surface area contributed by atoms with E-state index in [-0.39, 0.29) is 36.4 Å². The monoisotopic (exact) mass is 534 g/mol. The molecule has 1 aromatic heterocycles. The number of nitrogens with zero attached hydrogens (tertiary/aromatic N) is 3. The summed E-state index contributed by atoms with van der Waals surface area (Å²) in [7, 11) is 1.70. The molecule has 8 heteroatoms. The maximum absolute atomic E-state index is 12.0. The number of para-hydroxylation sites is 2. The van der Waals surface area contributed by atoms with E-state index in [1.54, 1.807) is 7.05 Å². The van der Waals surface area contributed by atoms with E-state index in [1.165, 1.54) is 5.56 Å². The second-order valence-corrected chi connectivity index (χ2v) is 7.09. The average Bonchev–Trinajstić information content (AvgIpc) is 3.09. The minimum absolute atomic E-state index is 0. The summed E-state index contributed by atoms with van der Waals surface area (Å²) in [5, 5.41) is 9.25. The van der Waals surface area contributed by atoms with Crippen LogP contribution in [0, 0.1) is 6.92 Å². The van der Waals surface area contributed by atoms with Gasteiger partial charge >= 0.3 is 0 Å². The summed E-state index contributed by atoms with van der Waals surface area (Å²) in [6.45, 7) is 4.47. The molecular formula is C23H31IN6O. The Balaban J connectivity index is 0.00000341. The number of guanidine groups is 1. The molecule has 0 spiro atoms. The number of hydrogen-bond acceptors (Lipinski definition) is 3. The molecule has 0 bridgehead atoms. The number of aryl methyl sites for hydroxylation is 2. The maximum atomic E-state index is 12.0. The minimum Gasteiger partial charge on any atom is -0.356 e. The van der Waals surface area contributed by atoms with E-state index in [9.17, 15) is 4.79 Å². The standard InChI is InChI=1S/C23H30N6O.HI/c1-18-28-20-11-6-7-12-21(20)29(18)16-8-14-26-23(24-2)27-17-22(30)25-15-13-19-9-4-3-5-10-19;/h3-7,9-12H,8,13-17H2,1-2H3,(H,25,30)(H2,24,26,27);1H. The van der Waals surface area contributed by atoms with Gasteiger partial charge in [0.2, 0.25) is 5.91 Å². The maximum Gasteiger partial charge on any atom is 0.239 e. The SMILES string of the molecule is CN=C(NCCCn1c(C)nc2ccccc21)NCC(=O)NCCc1ccccc1.I. The van der Waals surface area contributed by atoms with Crippen molar-refractivity contribution >= 4 is 46.9 Å². The van der Waals surface area contributed by atoms with Gasteiger partial charge in [-0.25, -0.2) is 4.98 Å². The lowest BCUT2D eigenvalue weighted by Crippen LogP contribution is -2.43. The number of imidazole rings is 1. The van der Waals surface area contributed by atoms with Crippen LogP contribution in [0.25, 0.3) is 11.0 Å². The van der Waals surface area contributed by atoms with Gasteiger partial charge in [0, 0.05) is 26.7 Å². The van der Waals surface area contributed by atoms with Crippen LogP contribution in [0.3, 0.4) is 0 Å². The van der Waals surface area contributed by atoms with Crippen molar-refractivity contribution in [3.63, 3.8) is 0 Å². The summed E-state index contributed by atoms with van der Waals surface area (Å²) in [5.41, 5.74) is 3.40. The second-order valence-electron chi connectivity index (χ2n) is 7.09. The van der Waals surface area contributed by atoms with Crippen molar-refractivity contribution in [2.75, 3.05) is 26.7 Å². The Morgan fingerprint density at radius 2 is 1.74 bits per heavy atom. The highest BCUT2D eigenvalue weighted by molar-refractivity contribution is 14.0. The van der Waals surface area contributed by atoms with Crippen LogP contribution in [-0.4, -0.2) is 48.1 Å². The molecule has 0 atom stereocenters. The number of aromatic nitrogens is 2. The zero-order valence-corrected chi connectivity index (χ0v) is 20.4. The number of hydrogen-bond donors (Lipinski definition) is 3. The first-order valence-corrected chi connectivity index (χ1v) is 10.3. The van der Waals surface area contributed by atoms with Crippen LogP contribution in [-0.2, 0) is 17.8 Å². The van der Waals surface area contributed by atoms with Gasteiger partial charge in [-0.15, -0.1) is 24.0 Å². The quantitative estimate of drug-likeness (QED) is 0.171. The fourth-order valence-electron chi connectivity index (χ4n) is 3.36.